The van der Waals surface area contributed by atoms with Gasteiger partial charge in [0.25, 0.3) is 5.91 Å². The number of nitrogens with one attached hydrogen (secondary N) is 1. The maximum absolute atomic E-state index is 13.2. The molecule has 1 unspecified atom stereocenters. The highest BCUT2D eigenvalue weighted by molar-refractivity contribution is 5.94. The lowest BCUT2D eigenvalue weighted by Gasteiger charge is -2.14. The molecule has 20 heavy (non-hydrogen) atoms. The van der Waals surface area contributed by atoms with Crippen molar-refractivity contribution in [3.63, 3.8) is 0 Å². The van der Waals surface area contributed by atoms with Crippen LogP contribution in [-0.2, 0) is 0 Å². The number of amides is 1. The molecule has 2 aromatic carbocycles. The van der Waals surface area contributed by atoms with Crippen molar-refractivity contribution in [3.05, 3.63) is 70.8 Å². The first-order valence-corrected chi connectivity index (χ1v) is 6.30. The predicted molar refractivity (Wildman–Crippen MR) is 73.4 cm³/mol. The molecule has 0 aliphatic heterocycles. The first-order valence-electron chi connectivity index (χ1n) is 6.30. The molecule has 104 valence electrons. The summed E-state index contributed by atoms with van der Waals surface area (Å²) >= 11 is 0. The summed E-state index contributed by atoms with van der Waals surface area (Å²) in [5.41, 5.74) is 1.63. The van der Waals surface area contributed by atoms with Crippen molar-refractivity contribution in [2.45, 2.75) is 19.9 Å². The third kappa shape index (κ3) is 3.20. The quantitative estimate of drug-likeness (QED) is 0.907. The van der Waals surface area contributed by atoms with Gasteiger partial charge in [-0.2, -0.15) is 0 Å². The Labute approximate surface area is 116 Å². The van der Waals surface area contributed by atoms with Crippen LogP contribution in [0.4, 0.5) is 8.78 Å². The average molecular weight is 275 g/mol. The highest BCUT2D eigenvalue weighted by Crippen LogP contribution is 2.15. The molecule has 0 saturated heterocycles. The Bertz CT molecular complexity index is 623. The van der Waals surface area contributed by atoms with Crippen molar-refractivity contribution in [1.29, 1.82) is 0 Å². The van der Waals surface area contributed by atoms with E-state index in [-0.39, 0.29) is 23.6 Å². The molecular weight excluding hydrogens is 260 g/mol. The third-order valence-electron chi connectivity index (χ3n) is 3.14. The molecule has 0 saturated carbocycles. The van der Waals surface area contributed by atoms with Crippen molar-refractivity contribution in [2.24, 2.45) is 0 Å². The highest BCUT2D eigenvalue weighted by Gasteiger charge is 2.12. The number of benzene rings is 2. The van der Waals surface area contributed by atoms with Crippen LogP contribution < -0.4 is 5.32 Å². The van der Waals surface area contributed by atoms with E-state index in [0.29, 0.717) is 11.1 Å². The van der Waals surface area contributed by atoms with E-state index in [1.54, 1.807) is 19.1 Å². The lowest BCUT2D eigenvalue weighted by Crippen LogP contribution is -2.26. The fourth-order valence-corrected chi connectivity index (χ4v) is 1.90. The topological polar surface area (TPSA) is 29.1 Å². The summed E-state index contributed by atoms with van der Waals surface area (Å²) in [5.74, 6) is -0.945. The zero-order valence-corrected chi connectivity index (χ0v) is 11.3. The van der Waals surface area contributed by atoms with Gasteiger partial charge in [-0.1, -0.05) is 12.1 Å². The average Bonchev–Trinajstić information content (AvgIpc) is 2.42. The zero-order valence-electron chi connectivity index (χ0n) is 11.3. The van der Waals surface area contributed by atoms with Crippen molar-refractivity contribution >= 4 is 5.91 Å². The van der Waals surface area contributed by atoms with E-state index in [0.717, 1.165) is 5.56 Å². The van der Waals surface area contributed by atoms with Gasteiger partial charge in [0.2, 0.25) is 0 Å². The first-order chi connectivity index (χ1) is 9.47. The summed E-state index contributed by atoms with van der Waals surface area (Å²) in [6.07, 6.45) is 0. The molecule has 1 N–H and O–H groups in total. The van der Waals surface area contributed by atoms with Gasteiger partial charge in [-0.3, -0.25) is 4.79 Å². The number of hydrogen-bond donors (Lipinski definition) is 1. The van der Waals surface area contributed by atoms with Crippen molar-refractivity contribution in [1.82, 2.24) is 5.32 Å². The fraction of sp³-hybridized carbons (Fsp3) is 0.188. The molecule has 0 spiro atoms. The molecule has 0 aromatic heterocycles. The molecule has 2 rings (SSSR count). The van der Waals surface area contributed by atoms with Crippen LogP contribution in [0, 0.1) is 18.6 Å². The molecule has 1 amide bonds. The van der Waals surface area contributed by atoms with Gasteiger partial charge in [-0.25, -0.2) is 8.78 Å². The lowest BCUT2D eigenvalue weighted by atomic mass is 10.1. The van der Waals surface area contributed by atoms with Gasteiger partial charge in [0, 0.05) is 5.56 Å². The molecule has 0 aliphatic rings. The Morgan fingerprint density at radius 3 is 2.35 bits per heavy atom. The van der Waals surface area contributed by atoms with Gasteiger partial charge < -0.3 is 5.32 Å². The second-order valence-corrected chi connectivity index (χ2v) is 4.71. The fourth-order valence-electron chi connectivity index (χ4n) is 1.90. The zero-order chi connectivity index (χ0) is 14.7. The van der Waals surface area contributed by atoms with Gasteiger partial charge >= 0.3 is 0 Å². The van der Waals surface area contributed by atoms with Gasteiger partial charge in [0.15, 0.2) is 0 Å². The Balaban J connectivity index is 2.10. The van der Waals surface area contributed by atoms with Crippen molar-refractivity contribution < 1.29 is 13.6 Å². The van der Waals surface area contributed by atoms with Crippen LogP contribution >= 0.6 is 0 Å². The summed E-state index contributed by atoms with van der Waals surface area (Å²) in [7, 11) is 0. The summed E-state index contributed by atoms with van der Waals surface area (Å²) in [5, 5.41) is 2.79. The third-order valence-corrected chi connectivity index (χ3v) is 3.14. The minimum Gasteiger partial charge on any atom is -0.346 e. The van der Waals surface area contributed by atoms with Crippen molar-refractivity contribution in [3.8, 4) is 0 Å². The summed E-state index contributed by atoms with van der Waals surface area (Å²) in [4.78, 5) is 12.1. The SMILES string of the molecule is Cc1cc(C(=O)NC(C)c2ccc(F)cc2)ccc1F. The molecule has 0 radical (unpaired) electrons. The Kier molecular flexibility index (Phi) is 4.13. The van der Waals surface area contributed by atoms with Gasteiger partial charge in [0.05, 0.1) is 6.04 Å². The number of carbonyl (C=O) groups is 1. The molecular formula is C16H15F2NO. The molecule has 2 nitrogen and oxygen atoms in total. The Hall–Kier alpha value is -2.23. The van der Waals surface area contributed by atoms with Crippen molar-refractivity contribution in [2.75, 3.05) is 0 Å². The Morgan fingerprint density at radius 2 is 1.75 bits per heavy atom. The van der Waals surface area contributed by atoms with E-state index >= 15 is 0 Å². The largest absolute Gasteiger partial charge is 0.346 e. The monoisotopic (exact) mass is 275 g/mol. The predicted octanol–water partition coefficient (Wildman–Crippen LogP) is 3.76. The molecule has 0 aliphatic carbocycles. The number of rotatable bonds is 3. The van der Waals surface area contributed by atoms with Crippen LogP contribution in [0.2, 0.25) is 0 Å². The summed E-state index contributed by atoms with van der Waals surface area (Å²) in [6.45, 7) is 3.41. The minimum atomic E-state index is -0.340. The maximum Gasteiger partial charge on any atom is 0.251 e. The standard InChI is InChI=1S/C16H15F2NO/c1-10-9-13(5-8-15(10)18)16(20)19-11(2)12-3-6-14(17)7-4-12/h3-9,11H,1-2H3,(H,19,20). The van der Waals surface area contributed by atoms with E-state index < -0.39 is 0 Å². The summed E-state index contributed by atoms with van der Waals surface area (Å²) in [6, 6.07) is 9.89. The van der Waals surface area contributed by atoms with E-state index in [2.05, 4.69) is 5.32 Å². The molecule has 1 atom stereocenters. The minimum absolute atomic E-state index is 0.256. The van der Waals surface area contributed by atoms with Crippen LogP contribution in [0.3, 0.4) is 0 Å². The second kappa shape index (κ2) is 5.82. The highest BCUT2D eigenvalue weighted by atomic mass is 19.1. The van der Waals surface area contributed by atoms with Crippen LogP contribution in [0.15, 0.2) is 42.5 Å². The number of halogens is 2. The number of aryl methyl sites for hydroxylation is 1. The van der Waals surface area contributed by atoms with Gasteiger partial charge in [-0.05, 0) is 55.3 Å². The number of hydrogen-bond acceptors (Lipinski definition) is 1. The van der Waals surface area contributed by atoms with E-state index in [9.17, 15) is 13.6 Å². The van der Waals surface area contributed by atoms with E-state index in [4.69, 9.17) is 0 Å². The molecule has 0 heterocycles. The van der Waals surface area contributed by atoms with Gasteiger partial charge in [-0.15, -0.1) is 0 Å². The first kappa shape index (κ1) is 14.2. The Morgan fingerprint density at radius 1 is 1.10 bits per heavy atom. The summed E-state index contributed by atoms with van der Waals surface area (Å²) < 4.78 is 26.0. The van der Waals surface area contributed by atoms with Crippen LogP contribution in [-0.4, -0.2) is 5.91 Å². The smallest absolute Gasteiger partial charge is 0.251 e. The van der Waals surface area contributed by atoms with E-state index in [1.807, 2.05) is 6.92 Å². The van der Waals surface area contributed by atoms with Crippen LogP contribution in [0.1, 0.15) is 34.5 Å². The number of carbonyl (C=O) groups excluding carboxylic acids is 1. The van der Waals surface area contributed by atoms with Crippen LogP contribution in [0.5, 0.6) is 0 Å². The molecule has 0 bridgehead atoms. The lowest BCUT2D eigenvalue weighted by molar-refractivity contribution is 0.0939. The molecule has 4 heteroatoms. The second-order valence-electron chi connectivity index (χ2n) is 4.71. The van der Waals surface area contributed by atoms with Gasteiger partial charge in [0.1, 0.15) is 11.6 Å². The normalized spacial score (nSPS) is 12.0. The maximum atomic E-state index is 13.2. The van der Waals surface area contributed by atoms with E-state index in [1.165, 1.54) is 30.3 Å². The molecule has 0 fully saturated rings. The molecule has 2 aromatic rings. The van der Waals surface area contributed by atoms with Crippen LogP contribution in [0.25, 0.3) is 0 Å².